The molecule has 30 heavy (non-hydrogen) atoms. The van der Waals surface area contributed by atoms with E-state index in [9.17, 15) is 0 Å². The molecule has 0 amide bonds. The van der Waals surface area contributed by atoms with E-state index in [1.807, 2.05) is 61.5 Å². The Balaban J connectivity index is 2.04. The first-order valence-electron chi connectivity index (χ1n) is 9.91. The molecule has 0 saturated carbocycles. The molecule has 1 aromatic heterocycles. The van der Waals surface area contributed by atoms with Crippen LogP contribution in [-0.4, -0.2) is 5.16 Å². The van der Waals surface area contributed by atoms with Crippen LogP contribution in [-0.2, 0) is 0 Å². The molecule has 0 bridgehead atoms. The first-order valence-corrected chi connectivity index (χ1v) is 12.4. The summed E-state index contributed by atoms with van der Waals surface area (Å²) in [5, 5.41) is 1.97. The van der Waals surface area contributed by atoms with Gasteiger partial charge < -0.3 is 8.94 Å². The summed E-state index contributed by atoms with van der Waals surface area (Å²) in [7, 11) is -2.64. The van der Waals surface area contributed by atoms with Gasteiger partial charge in [-0.2, -0.15) is 0 Å². The second-order valence-electron chi connectivity index (χ2n) is 8.28. The standard InChI is InChI=1S/C25H25BrNO2P/c1-18-15-16-24(28-18)30(25(2,3)4,29-21-12-8-11-20(26)17-21)27-23-14-7-10-19-9-5-6-13-22(19)23/h5-17H,1-4H3. The van der Waals surface area contributed by atoms with Gasteiger partial charge in [0.15, 0.2) is 5.50 Å². The molecule has 154 valence electrons. The van der Waals surface area contributed by atoms with E-state index >= 15 is 0 Å². The Hall–Kier alpha value is -2.29. The van der Waals surface area contributed by atoms with Crippen molar-refractivity contribution < 1.29 is 8.94 Å². The molecule has 0 aliphatic carbocycles. The van der Waals surface area contributed by atoms with E-state index in [-0.39, 0.29) is 5.16 Å². The second kappa shape index (κ2) is 8.09. The molecule has 3 nitrogen and oxygen atoms in total. The van der Waals surface area contributed by atoms with Crippen molar-refractivity contribution in [2.45, 2.75) is 32.9 Å². The molecular formula is C25H25BrNO2P. The van der Waals surface area contributed by atoms with Crippen LogP contribution in [0.1, 0.15) is 26.5 Å². The molecule has 1 atom stereocenters. The fourth-order valence-electron chi connectivity index (χ4n) is 3.44. The van der Waals surface area contributed by atoms with Crippen molar-refractivity contribution >= 4 is 45.2 Å². The van der Waals surface area contributed by atoms with E-state index in [0.717, 1.165) is 37.9 Å². The fourth-order valence-corrected chi connectivity index (χ4v) is 6.72. The van der Waals surface area contributed by atoms with Crippen molar-refractivity contribution in [3.8, 4) is 5.75 Å². The van der Waals surface area contributed by atoms with Crippen LogP contribution in [0.25, 0.3) is 10.8 Å². The molecule has 0 spiro atoms. The first-order chi connectivity index (χ1) is 14.3. The Morgan fingerprint density at radius 3 is 2.33 bits per heavy atom. The molecule has 5 heteroatoms. The highest BCUT2D eigenvalue weighted by Crippen LogP contribution is 2.62. The lowest BCUT2D eigenvalue weighted by atomic mass is 10.1. The highest BCUT2D eigenvalue weighted by Gasteiger charge is 2.41. The van der Waals surface area contributed by atoms with Crippen LogP contribution in [0.3, 0.4) is 0 Å². The average Bonchev–Trinajstić information content (AvgIpc) is 3.13. The Morgan fingerprint density at radius 2 is 1.63 bits per heavy atom. The minimum absolute atomic E-state index is 0.295. The summed E-state index contributed by atoms with van der Waals surface area (Å²) in [6, 6.07) is 26.4. The number of furan rings is 1. The SMILES string of the molecule is Cc1ccc(P(=Nc2cccc3ccccc23)(Oc2cccc(Br)c2)C(C)(C)C)o1. The van der Waals surface area contributed by atoms with Gasteiger partial charge in [-0.25, -0.2) is 4.74 Å². The Kier molecular flexibility index (Phi) is 5.65. The lowest BCUT2D eigenvalue weighted by molar-refractivity contribution is 0.527. The number of hydrogen-bond acceptors (Lipinski definition) is 3. The molecule has 0 saturated heterocycles. The van der Waals surface area contributed by atoms with Crippen LogP contribution in [0, 0.1) is 6.92 Å². The Morgan fingerprint density at radius 1 is 0.900 bits per heavy atom. The van der Waals surface area contributed by atoms with Crippen molar-refractivity contribution in [1.82, 2.24) is 0 Å². The molecular weight excluding hydrogens is 457 g/mol. The van der Waals surface area contributed by atoms with Gasteiger partial charge in [-0.1, -0.05) is 79.2 Å². The van der Waals surface area contributed by atoms with Crippen molar-refractivity contribution in [2.24, 2.45) is 4.74 Å². The third-order valence-corrected chi connectivity index (χ3v) is 9.10. The minimum atomic E-state index is -2.64. The molecule has 1 heterocycles. The van der Waals surface area contributed by atoms with Crippen LogP contribution in [0.5, 0.6) is 5.75 Å². The lowest BCUT2D eigenvalue weighted by Crippen LogP contribution is -2.26. The van der Waals surface area contributed by atoms with Crippen LogP contribution in [0.2, 0.25) is 0 Å². The monoisotopic (exact) mass is 481 g/mol. The fraction of sp³-hybridized carbons (Fsp3) is 0.200. The summed E-state index contributed by atoms with van der Waals surface area (Å²) in [6.45, 7) is 8.47. The van der Waals surface area contributed by atoms with E-state index in [1.165, 1.54) is 0 Å². The Bertz CT molecular complexity index is 1250. The van der Waals surface area contributed by atoms with E-state index in [0.29, 0.717) is 0 Å². The lowest BCUT2D eigenvalue weighted by Gasteiger charge is -2.35. The second-order valence-corrected chi connectivity index (χ2v) is 12.5. The zero-order chi connectivity index (χ0) is 21.4. The highest BCUT2D eigenvalue weighted by molar-refractivity contribution is 9.10. The number of rotatable bonds is 4. The number of aryl methyl sites for hydroxylation is 1. The normalized spacial score (nSPS) is 13.8. The largest absolute Gasteiger partial charge is 0.457 e. The summed E-state index contributed by atoms with van der Waals surface area (Å²) >= 11 is 3.56. The van der Waals surface area contributed by atoms with Crippen LogP contribution in [0.4, 0.5) is 5.69 Å². The van der Waals surface area contributed by atoms with E-state index in [1.54, 1.807) is 0 Å². The number of nitrogens with zero attached hydrogens (tertiary/aromatic N) is 1. The number of fused-ring (bicyclic) bond motifs is 1. The zero-order valence-corrected chi connectivity index (χ0v) is 20.1. The third kappa shape index (κ3) is 3.99. The smallest absolute Gasteiger partial charge is 0.207 e. The van der Waals surface area contributed by atoms with Crippen LogP contribution in [0.15, 0.2) is 92.5 Å². The average molecular weight is 482 g/mol. The molecule has 4 aromatic rings. The molecule has 0 aliphatic heterocycles. The van der Waals surface area contributed by atoms with E-state index in [4.69, 9.17) is 13.7 Å². The van der Waals surface area contributed by atoms with Gasteiger partial charge in [0.05, 0.1) is 5.69 Å². The molecule has 1 unspecified atom stereocenters. The maximum absolute atomic E-state index is 6.82. The molecule has 3 aromatic carbocycles. The van der Waals surface area contributed by atoms with Gasteiger partial charge in [0, 0.05) is 15.0 Å². The molecule has 0 N–H and O–H groups in total. The molecule has 0 aliphatic rings. The third-order valence-electron chi connectivity index (χ3n) is 4.98. The maximum atomic E-state index is 6.82. The first kappa shape index (κ1) is 21.0. The number of benzene rings is 3. The molecule has 4 rings (SSSR count). The predicted molar refractivity (Wildman–Crippen MR) is 131 cm³/mol. The van der Waals surface area contributed by atoms with Gasteiger partial charge >= 0.3 is 0 Å². The number of hydrogen-bond donors (Lipinski definition) is 0. The topological polar surface area (TPSA) is 34.7 Å². The van der Waals surface area contributed by atoms with Crippen LogP contribution < -0.4 is 10.0 Å². The van der Waals surface area contributed by atoms with Crippen molar-refractivity contribution in [3.63, 3.8) is 0 Å². The summed E-state index contributed by atoms with van der Waals surface area (Å²) in [5.41, 5.74) is 1.71. The minimum Gasteiger partial charge on any atom is -0.457 e. The van der Waals surface area contributed by atoms with Gasteiger partial charge in [-0.15, -0.1) is 0 Å². The molecule has 0 radical (unpaired) electrons. The van der Waals surface area contributed by atoms with Crippen LogP contribution >= 0.6 is 23.2 Å². The van der Waals surface area contributed by atoms with Gasteiger partial charge in [0.1, 0.15) is 11.5 Å². The number of halogens is 1. The van der Waals surface area contributed by atoms with Gasteiger partial charge in [-0.3, -0.25) is 0 Å². The summed E-state index contributed by atoms with van der Waals surface area (Å²) in [4.78, 5) is 0. The summed E-state index contributed by atoms with van der Waals surface area (Å²) in [5.74, 6) is 1.62. The summed E-state index contributed by atoms with van der Waals surface area (Å²) in [6.07, 6.45) is 0. The van der Waals surface area contributed by atoms with Crippen molar-refractivity contribution in [3.05, 3.63) is 89.1 Å². The van der Waals surface area contributed by atoms with E-state index in [2.05, 4.69) is 61.0 Å². The van der Waals surface area contributed by atoms with Gasteiger partial charge in [0.25, 0.3) is 0 Å². The quantitative estimate of drug-likeness (QED) is 0.274. The van der Waals surface area contributed by atoms with E-state index < -0.39 is 7.28 Å². The predicted octanol–water partition coefficient (Wildman–Crippen LogP) is 8.45. The maximum Gasteiger partial charge on any atom is 0.207 e. The summed E-state index contributed by atoms with van der Waals surface area (Å²) < 4.78 is 19.3. The Labute approximate surface area is 186 Å². The van der Waals surface area contributed by atoms with Gasteiger partial charge in [-0.05, 0) is 48.7 Å². The van der Waals surface area contributed by atoms with Crippen molar-refractivity contribution in [1.29, 1.82) is 0 Å². The molecule has 0 fully saturated rings. The van der Waals surface area contributed by atoms with Gasteiger partial charge in [0.2, 0.25) is 7.28 Å². The highest BCUT2D eigenvalue weighted by atomic mass is 79.9. The zero-order valence-electron chi connectivity index (χ0n) is 17.6. The van der Waals surface area contributed by atoms with Crippen molar-refractivity contribution in [2.75, 3.05) is 0 Å².